The molecule has 0 unspecified atom stereocenters. The van der Waals surface area contributed by atoms with E-state index in [1.54, 1.807) is 7.11 Å². The molecule has 150 valence electrons. The van der Waals surface area contributed by atoms with Crippen LogP contribution in [0.1, 0.15) is 16.8 Å². The highest BCUT2D eigenvalue weighted by Gasteiger charge is 2.21. The van der Waals surface area contributed by atoms with Crippen LogP contribution in [0.5, 0.6) is 17.2 Å². The van der Waals surface area contributed by atoms with Gasteiger partial charge in [0.2, 0.25) is 0 Å². The van der Waals surface area contributed by atoms with Crippen LogP contribution in [0.3, 0.4) is 0 Å². The number of aromatic nitrogens is 3. The first-order valence-corrected chi connectivity index (χ1v) is 10.2. The number of methoxy groups -OCH3 is 1. The van der Waals surface area contributed by atoms with Crippen molar-refractivity contribution in [1.82, 2.24) is 14.8 Å². The van der Waals surface area contributed by atoms with Crippen molar-refractivity contribution in [3.63, 3.8) is 0 Å². The molecule has 1 aromatic heterocycles. The molecular formula is C21H21N3O4S. The van der Waals surface area contributed by atoms with Gasteiger partial charge in [-0.05, 0) is 6.07 Å². The summed E-state index contributed by atoms with van der Waals surface area (Å²) in [5.41, 5.74) is 1.44. The predicted octanol–water partition coefficient (Wildman–Crippen LogP) is 3.63. The Morgan fingerprint density at radius 2 is 1.86 bits per heavy atom. The molecule has 8 heteroatoms. The third kappa shape index (κ3) is 4.07. The van der Waals surface area contributed by atoms with Gasteiger partial charge in [-0.15, -0.1) is 10.2 Å². The van der Waals surface area contributed by atoms with Gasteiger partial charge in [-0.3, -0.25) is 4.79 Å². The molecule has 0 saturated carbocycles. The Morgan fingerprint density at radius 1 is 1.14 bits per heavy atom. The number of Topliss-reactive ketones (excluding diaryl/α,β-unsaturated/α-hetero) is 1. The van der Waals surface area contributed by atoms with E-state index in [9.17, 15) is 4.79 Å². The number of ketones is 1. The summed E-state index contributed by atoms with van der Waals surface area (Å²) in [6.07, 6.45) is 0.826. The predicted molar refractivity (Wildman–Crippen MR) is 110 cm³/mol. The summed E-state index contributed by atoms with van der Waals surface area (Å²) in [5, 5.41) is 9.23. The van der Waals surface area contributed by atoms with E-state index in [0.29, 0.717) is 47.0 Å². The number of benzene rings is 2. The first-order chi connectivity index (χ1) is 14.2. The highest BCUT2D eigenvalue weighted by molar-refractivity contribution is 7.99. The fourth-order valence-corrected chi connectivity index (χ4v) is 3.85. The van der Waals surface area contributed by atoms with Gasteiger partial charge in [0.1, 0.15) is 5.75 Å². The van der Waals surface area contributed by atoms with E-state index in [4.69, 9.17) is 14.2 Å². The van der Waals surface area contributed by atoms with Gasteiger partial charge >= 0.3 is 0 Å². The fourth-order valence-electron chi connectivity index (χ4n) is 3.05. The topological polar surface area (TPSA) is 75.5 Å². The van der Waals surface area contributed by atoms with Crippen LogP contribution in [0.15, 0.2) is 47.6 Å². The molecule has 0 aliphatic carbocycles. The zero-order valence-electron chi connectivity index (χ0n) is 16.3. The number of fused-ring (bicyclic) bond motifs is 1. The number of carbonyl (C=O) groups excluding carboxylic acids is 1. The number of ether oxygens (including phenoxy) is 3. The minimum atomic E-state index is 0.0494. The average molecular weight is 411 g/mol. The molecule has 0 amide bonds. The molecular weight excluding hydrogens is 390 g/mol. The number of hydrogen-bond acceptors (Lipinski definition) is 7. The van der Waals surface area contributed by atoms with E-state index in [0.717, 1.165) is 12.0 Å². The van der Waals surface area contributed by atoms with Crippen molar-refractivity contribution < 1.29 is 19.0 Å². The van der Waals surface area contributed by atoms with Crippen LogP contribution in [0.2, 0.25) is 0 Å². The summed E-state index contributed by atoms with van der Waals surface area (Å²) in [6, 6.07) is 12.9. The van der Waals surface area contributed by atoms with E-state index in [2.05, 4.69) is 10.2 Å². The van der Waals surface area contributed by atoms with Crippen LogP contribution >= 0.6 is 11.8 Å². The van der Waals surface area contributed by atoms with Crippen molar-refractivity contribution in [2.24, 2.45) is 7.05 Å². The van der Waals surface area contributed by atoms with Gasteiger partial charge < -0.3 is 18.8 Å². The molecule has 0 saturated heterocycles. The molecule has 0 atom stereocenters. The molecule has 0 fully saturated rings. The summed E-state index contributed by atoms with van der Waals surface area (Å²) in [7, 11) is 3.47. The van der Waals surface area contributed by atoms with Crippen molar-refractivity contribution in [2.75, 3.05) is 26.1 Å². The first kappa shape index (κ1) is 19.3. The van der Waals surface area contributed by atoms with Crippen LogP contribution in [-0.4, -0.2) is 46.6 Å². The van der Waals surface area contributed by atoms with Gasteiger partial charge in [0, 0.05) is 25.1 Å². The van der Waals surface area contributed by atoms with E-state index < -0.39 is 0 Å². The van der Waals surface area contributed by atoms with Gasteiger partial charge in [0.05, 0.1) is 31.6 Å². The van der Waals surface area contributed by atoms with Crippen molar-refractivity contribution in [2.45, 2.75) is 11.6 Å². The Hall–Kier alpha value is -3.00. The Labute approximate surface area is 173 Å². The maximum absolute atomic E-state index is 12.4. The molecule has 7 nitrogen and oxygen atoms in total. The Balaban J connectivity index is 1.58. The number of thioether (sulfide) groups is 1. The Bertz CT molecular complexity index is 1020. The molecule has 29 heavy (non-hydrogen) atoms. The van der Waals surface area contributed by atoms with Crippen LogP contribution in [-0.2, 0) is 7.05 Å². The van der Waals surface area contributed by atoms with Crippen molar-refractivity contribution >= 4 is 17.5 Å². The highest BCUT2D eigenvalue weighted by Crippen LogP contribution is 2.41. The summed E-state index contributed by atoms with van der Waals surface area (Å²) in [4.78, 5) is 12.4. The average Bonchev–Trinajstić information content (AvgIpc) is 2.97. The zero-order valence-corrected chi connectivity index (χ0v) is 17.1. The maximum atomic E-state index is 12.4. The monoisotopic (exact) mass is 411 g/mol. The smallest absolute Gasteiger partial charge is 0.191 e. The lowest BCUT2D eigenvalue weighted by Gasteiger charge is -2.13. The second-order valence-corrected chi connectivity index (χ2v) is 7.44. The van der Waals surface area contributed by atoms with Gasteiger partial charge in [-0.25, -0.2) is 0 Å². The Morgan fingerprint density at radius 3 is 2.59 bits per heavy atom. The second-order valence-electron chi connectivity index (χ2n) is 6.49. The standard InChI is InChI=1S/C21H21N3O4S/c1-24-20(15-11-18-19(12-17(15)26-2)28-10-6-9-27-18)22-23-21(24)29-13-16(25)14-7-4-3-5-8-14/h3-5,7-8,11-12H,6,9-10,13H2,1-2H3. The van der Waals surface area contributed by atoms with Crippen LogP contribution in [0.4, 0.5) is 0 Å². The maximum Gasteiger partial charge on any atom is 0.191 e. The van der Waals surface area contributed by atoms with E-state index >= 15 is 0 Å². The minimum absolute atomic E-state index is 0.0494. The zero-order chi connectivity index (χ0) is 20.2. The van der Waals surface area contributed by atoms with Crippen molar-refractivity contribution in [1.29, 1.82) is 0 Å². The molecule has 0 N–H and O–H groups in total. The van der Waals surface area contributed by atoms with Crippen LogP contribution in [0, 0.1) is 0 Å². The lowest BCUT2D eigenvalue weighted by atomic mass is 10.1. The molecule has 1 aliphatic heterocycles. The molecule has 0 radical (unpaired) electrons. The minimum Gasteiger partial charge on any atom is -0.496 e. The summed E-state index contributed by atoms with van der Waals surface area (Å²) in [5.74, 6) is 2.92. The van der Waals surface area contributed by atoms with Crippen LogP contribution < -0.4 is 14.2 Å². The third-order valence-electron chi connectivity index (χ3n) is 4.57. The summed E-state index contributed by atoms with van der Waals surface area (Å²) in [6.45, 7) is 1.20. The summed E-state index contributed by atoms with van der Waals surface area (Å²) < 4.78 is 18.9. The summed E-state index contributed by atoms with van der Waals surface area (Å²) >= 11 is 1.35. The van der Waals surface area contributed by atoms with Gasteiger partial charge in [0.15, 0.2) is 28.3 Å². The second kappa shape index (κ2) is 8.57. The molecule has 4 rings (SSSR count). The van der Waals surface area contributed by atoms with Crippen molar-refractivity contribution in [3.05, 3.63) is 48.0 Å². The lowest BCUT2D eigenvalue weighted by Crippen LogP contribution is -2.04. The Kier molecular flexibility index (Phi) is 5.71. The number of nitrogens with zero attached hydrogens (tertiary/aromatic N) is 3. The van der Waals surface area contributed by atoms with E-state index in [-0.39, 0.29) is 11.5 Å². The molecule has 3 aromatic rings. The van der Waals surface area contributed by atoms with E-state index in [1.165, 1.54) is 11.8 Å². The van der Waals surface area contributed by atoms with Crippen LogP contribution in [0.25, 0.3) is 11.4 Å². The quantitative estimate of drug-likeness (QED) is 0.453. The first-order valence-electron chi connectivity index (χ1n) is 9.26. The number of carbonyl (C=O) groups is 1. The largest absolute Gasteiger partial charge is 0.496 e. The fraction of sp³-hybridized carbons (Fsp3) is 0.286. The number of rotatable bonds is 6. The third-order valence-corrected chi connectivity index (χ3v) is 5.59. The number of hydrogen-bond donors (Lipinski definition) is 0. The lowest BCUT2D eigenvalue weighted by molar-refractivity contribution is 0.102. The SMILES string of the molecule is COc1cc2c(cc1-c1nnc(SCC(=O)c3ccccc3)n1C)OCCCO2. The highest BCUT2D eigenvalue weighted by atomic mass is 32.2. The van der Waals surface area contributed by atoms with Gasteiger partial charge in [-0.2, -0.15) is 0 Å². The molecule has 1 aliphatic rings. The molecule has 2 aromatic carbocycles. The van der Waals surface area contributed by atoms with Gasteiger partial charge in [-0.1, -0.05) is 42.1 Å². The normalized spacial score (nSPS) is 13.0. The molecule has 2 heterocycles. The van der Waals surface area contributed by atoms with E-state index in [1.807, 2.05) is 54.1 Å². The van der Waals surface area contributed by atoms with Gasteiger partial charge in [0.25, 0.3) is 0 Å². The molecule has 0 bridgehead atoms. The van der Waals surface area contributed by atoms with Crippen molar-refractivity contribution in [3.8, 4) is 28.6 Å². The molecule has 0 spiro atoms.